The second-order valence-electron chi connectivity index (χ2n) is 7.09. The molecule has 0 spiro atoms. The van der Waals surface area contributed by atoms with Crippen LogP contribution in [0.1, 0.15) is 32.6 Å². The highest BCUT2D eigenvalue weighted by Gasteiger charge is 2.37. The van der Waals surface area contributed by atoms with Gasteiger partial charge in [0.05, 0.1) is 11.1 Å². The van der Waals surface area contributed by atoms with Gasteiger partial charge in [-0.3, -0.25) is 0 Å². The van der Waals surface area contributed by atoms with Gasteiger partial charge in [0, 0.05) is 12.3 Å². The number of carbonyl (C=O) groups is 1. The lowest BCUT2D eigenvalue weighted by molar-refractivity contribution is -0.143. The number of anilines is 1. The van der Waals surface area contributed by atoms with E-state index in [1.165, 1.54) is 0 Å². The second-order valence-corrected chi connectivity index (χ2v) is 8.82. The minimum Gasteiger partial charge on any atom is -0.477 e. The van der Waals surface area contributed by atoms with Crippen LogP contribution in [0.25, 0.3) is 0 Å². The van der Waals surface area contributed by atoms with Gasteiger partial charge in [0.25, 0.3) is 0 Å². The van der Waals surface area contributed by atoms with Gasteiger partial charge in [-0.2, -0.15) is 26.3 Å². The average Bonchev–Trinajstić information content (AvgIpc) is 2.80. The molecular weight excluding hydrogens is 516 g/mol. The molecule has 0 aliphatic rings. The summed E-state index contributed by atoms with van der Waals surface area (Å²) in [5.41, 5.74) is -2.70. The molecule has 35 heavy (non-hydrogen) atoms. The van der Waals surface area contributed by atoms with Crippen LogP contribution < -0.4 is 5.32 Å². The number of thioether (sulfide) groups is 2. The number of carboxylic acid groups (broad SMARTS) is 1. The van der Waals surface area contributed by atoms with Crippen molar-refractivity contribution < 1.29 is 36.2 Å². The van der Waals surface area contributed by atoms with Gasteiger partial charge in [0.1, 0.15) is 16.4 Å². The molecule has 5 nitrogen and oxygen atoms in total. The van der Waals surface area contributed by atoms with Crippen molar-refractivity contribution in [3.63, 3.8) is 0 Å². The number of aromatic nitrogens is 2. The van der Waals surface area contributed by atoms with Crippen molar-refractivity contribution in [2.75, 3.05) is 11.6 Å². The smallest absolute Gasteiger partial charge is 0.416 e. The Morgan fingerprint density at radius 3 is 2.06 bits per heavy atom. The van der Waals surface area contributed by atoms with Gasteiger partial charge >= 0.3 is 18.3 Å². The van der Waals surface area contributed by atoms with Gasteiger partial charge in [-0.1, -0.05) is 42.1 Å². The van der Waals surface area contributed by atoms with E-state index < -0.39 is 36.0 Å². The van der Waals surface area contributed by atoms with E-state index in [1.54, 1.807) is 6.26 Å². The summed E-state index contributed by atoms with van der Waals surface area (Å²) in [6, 6.07) is 10.3. The first kappa shape index (κ1) is 26.7. The van der Waals surface area contributed by atoms with Crippen LogP contribution in [0.3, 0.4) is 0 Å². The molecule has 1 aromatic heterocycles. The lowest BCUT2D eigenvalue weighted by Gasteiger charge is -2.16. The molecule has 2 aromatic carbocycles. The predicted molar refractivity (Wildman–Crippen MR) is 121 cm³/mol. The Labute approximate surface area is 204 Å². The third-order valence-corrected chi connectivity index (χ3v) is 6.17. The van der Waals surface area contributed by atoms with Crippen molar-refractivity contribution in [3.05, 3.63) is 76.3 Å². The predicted octanol–water partition coefficient (Wildman–Crippen LogP) is 6.84. The first-order valence-corrected chi connectivity index (χ1v) is 12.0. The Balaban J connectivity index is 1.96. The maximum Gasteiger partial charge on any atom is 0.416 e. The first-order chi connectivity index (χ1) is 16.4. The zero-order chi connectivity index (χ0) is 25.8. The lowest BCUT2D eigenvalue weighted by Crippen LogP contribution is -2.15. The standard InChI is InChI=1S/C22H17F6N3O2S2/c1-34-20-30-17(16(19(32)33)18(31-20)35-11-12-5-3-2-4-6-12)29-10-13-7-14(21(23,24)25)9-15(8-13)22(26,27)28/h2-9H,10-11H2,1H3,(H,32,33)(H,29,30,31). The molecule has 0 unspecified atom stereocenters. The molecule has 0 fully saturated rings. The van der Waals surface area contributed by atoms with Gasteiger partial charge in [0.2, 0.25) is 0 Å². The van der Waals surface area contributed by atoms with E-state index in [4.69, 9.17) is 0 Å². The molecule has 0 amide bonds. The highest BCUT2D eigenvalue weighted by molar-refractivity contribution is 7.99. The Morgan fingerprint density at radius 2 is 1.54 bits per heavy atom. The average molecular weight is 534 g/mol. The molecule has 0 bridgehead atoms. The van der Waals surface area contributed by atoms with E-state index in [0.29, 0.717) is 17.9 Å². The molecule has 3 rings (SSSR count). The summed E-state index contributed by atoms with van der Waals surface area (Å²) < 4.78 is 78.9. The van der Waals surface area contributed by atoms with E-state index in [2.05, 4.69) is 15.3 Å². The van der Waals surface area contributed by atoms with Gasteiger partial charge in [-0.05, 0) is 35.6 Å². The SMILES string of the molecule is CSc1nc(NCc2cc(C(F)(F)F)cc(C(F)(F)F)c2)c(C(=O)O)c(SCc2ccccc2)n1. The Hall–Kier alpha value is -2.93. The minimum atomic E-state index is -5.00. The fourth-order valence-corrected chi connectivity index (χ4v) is 4.37. The zero-order valence-electron chi connectivity index (χ0n) is 17.9. The molecule has 1 heterocycles. The second kappa shape index (κ2) is 10.8. The van der Waals surface area contributed by atoms with Crippen LogP contribution >= 0.6 is 23.5 Å². The number of halogens is 6. The quantitative estimate of drug-likeness (QED) is 0.142. The number of alkyl halides is 6. The molecule has 0 atom stereocenters. The molecule has 2 N–H and O–H groups in total. The number of aromatic carboxylic acids is 1. The number of nitrogens with zero attached hydrogens (tertiary/aromatic N) is 2. The number of hydrogen-bond acceptors (Lipinski definition) is 6. The molecule has 0 aliphatic carbocycles. The van der Waals surface area contributed by atoms with Gasteiger partial charge < -0.3 is 10.4 Å². The third kappa shape index (κ3) is 7.04. The summed E-state index contributed by atoms with van der Waals surface area (Å²) in [6.45, 7) is -0.527. The summed E-state index contributed by atoms with van der Waals surface area (Å²) in [6.07, 6.45) is -8.34. The Kier molecular flexibility index (Phi) is 8.21. The number of rotatable bonds is 8. The highest BCUT2D eigenvalue weighted by Crippen LogP contribution is 2.37. The van der Waals surface area contributed by atoms with Crippen LogP contribution in [0.5, 0.6) is 0 Å². The van der Waals surface area contributed by atoms with Crippen LogP contribution in [0, 0.1) is 0 Å². The van der Waals surface area contributed by atoms with Gasteiger partial charge in [-0.15, -0.1) is 11.8 Å². The van der Waals surface area contributed by atoms with E-state index in [-0.39, 0.29) is 33.2 Å². The summed E-state index contributed by atoms with van der Waals surface area (Å²) in [4.78, 5) is 20.3. The van der Waals surface area contributed by atoms with Crippen LogP contribution in [-0.4, -0.2) is 27.3 Å². The molecule has 13 heteroatoms. The maximum absolute atomic E-state index is 13.2. The minimum absolute atomic E-state index is 0.0288. The van der Waals surface area contributed by atoms with E-state index in [0.717, 1.165) is 29.1 Å². The van der Waals surface area contributed by atoms with E-state index in [9.17, 15) is 36.2 Å². The molecule has 186 valence electrons. The molecule has 0 radical (unpaired) electrons. The van der Waals surface area contributed by atoms with E-state index in [1.807, 2.05) is 30.3 Å². The summed E-state index contributed by atoms with van der Waals surface area (Å²) >= 11 is 2.23. The fourth-order valence-electron chi connectivity index (χ4n) is 2.97. The van der Waals surface area contributed by atoms with Crippen LogP contribution in [0.15, 0.2) is 58.7 Å². The monoisotopic (exact) mass is 533 g/mol. The first-order valence-electron chi connectivity index (χ1n) is 9.76. The number of carboxylic acids is 1. The third-order valence-electron chi connectivity index (χ3n) is 4.58. The largest absolute Gasteiger partial charge is 0.477 e. The van der Waals surface area contributed by atoms with Gasteiger partial charge in [-0.25, -0.2) is 14.8 Å². The number of nitrogens with one attached hydrogen (secondary N) is 1. The summed E-state index contributed by atoms with van der Waals surface area (Å²) in [7, 11) is 0. The van der Waals surface area contributed by atoms with Crippen molar-refractivity contribution in [1.82, 2.24) is 9.97 Å². The number of benzene rings is 2. The van der Waals surface area contributed by atoms with E-state index >= 15 is 0 Å². The summed E-state index contributed by atoms with van der Waals surface area (Å²) in [5, 5.41) is 12.7. The molecular formula is C22H17F6N3O2S2. The van der Waals surface area contributed by atoms with Crippen molar-refractivity contribution >= 4 is 35.3 Å². The lowest BCUT2D eigenvalue weighted by atomic mass is 10.0. The Bertz CT molecular complexity index is 1170. The molecule has 0 aliphatic heterocycles. The van der Waals surface area contributed by atoms with Gasteiger partial charge in [0.15, 0.2) is 5.16 Å². The van der Waals surface area contributed by atoms with Crippen molar-refractivity contribution in [2.24, 2.45) is 0 Å². The molecule has 0 saturated heterocycles. The van der Waals surface area contributed by atoms with Crippen LogP contribution in [0.2, 0.25) is 0 Å². The van der Waals surface area contributed by atoms with Crippen molar-refractivity contribution in [2.45, 2.75) is 34.8 Å². The van der Waals surface area contributed by atoms with Crippen molar-refractivity contribution in [1.29, 1.82) is 0 Å². The highest BCUT2D eigenvalue weighted by atomic mass is 32.2. The van der Waals surface area contributed by atoms with Crippen LogP contribution in [-0.2, 0) is 24.7 Å². The fraction of sp³-hybridized carbons (Fsp3) is 0.227. The number of hydrogen-bond donors (Lipinski definition) is 2. The summed E-state index contributed by atoms with van der Waals surface area (Å²) in [5.74, 6) is -1.22. The molecule has 3 aromatic rings. The molecule has 0 saturated carbocycles. The zero-order valence-corrected chi connectivity index (χ0v) is 19.5. The normalized spacial score (nSPS) is 12.0. The van der Waals surface area contributed by atoms with Crippen LogP contribution in [0.4, 0.5) is 32.2 Å². The topological polar surface area (TPSA) is 75.1 Å². The van der Waals surface area contributed by atoms with Crippen molar-refractivity contribution in [3.8, 4) is 0 Å². The maximum atomic E-state index is 13.2. The Morgan fingerprint density at radius 1 is 0.943 bits per heavy atom.